The van der Waals surface area contributed by atoms with E-state index in [9.17, 15) is 4.39 Å². The monoisotopic (exact) mass is 606 g/mol. The zero-order chi connectivity index (χ0) is 31.8. The molecule has 0 unspecified atom stereocenters. The van der Waals surface area contributed by atoms with Crippen LogP contribution in [0.3, 0.4) is 0 Å². The topological polar surface area (TPSA) is 74.1 Å². The van der Waals surface area contributed by atoms with Crippen LogP contribution in [0.15, 0.2) is 61.6 Å². The summed E-state index contributed by atoms with van der Waals surface area (Å²) in [5.74, 6) is 6.72. The second-order valence-electron chi connectivity index (χ2n) is 11.8. The van der Waals surface area contributed by atoms with Gasteiger partial charge >= 0.3 is 0 Å². The van der Waals surface area contributed by atoms with Crippen LogP contribution in [0, 0.1) is 31.5 Å². The van der Waals surface area contributed by atoms with Crippen LogP contribution < -0.4 is 10.6 Å². The van der Waals surface area contributed by atoms with Crippen molar-refractivity contribution in [1.82, 2.24) is 29.5 Å². The van der Waals surface area contributed by atoms with E-state index in [1.807, 2.05) is 55.1 Å². The first-order valence-electron chi connectivity index (χ1n) is 15.7. The molecule has 0 saturated carbocycles. The molecule has 8 nitrogen and oxygen atoms in total. The Morgan fingerprint density at radius 1 is 1.00 bits per heavy atom. The van der Waals surface area contributed by atoms with E-state index < -0.39 is 0 Å². The van der Waals surface area contributed by atoms with Crippen molar-refractivity contribution in [2.75, 3.05) is 43.9 Å². The maximum Gasteiger partial charge on any atom is 0.227 e. The van der Waals surface area contributed by atoms with Crippen LogP contribution in [0.5, 0.6) is 0 Å². The van der Waals surface area contributed by atoms with E-state index in [-0.39, 0.29) is 5.82 Å². The van der Waals surface area contributed by atoms with Crippen LogP contribution in [-0.2, 0) is 13.1 Å². The molecule has 1 aliphatic rings. The van der Waals surface area contributed by atoms with Crippen molar-refractivity contribution >= 4 is 23.0 Å². The zero-order valence-electron chi connectivity index (χ0n) is 26.8. The third-order valence-electron chi connectivity index (χ3n) is 8.10. The molecule has 0 spiro atoms. The molecule has 2 aromatic carbocycles. The fourth-order valence-corrected chi connectivity index (χ4v) is 5.19. The van der Waals surface area contributed by atoms with Crippen molar-refractivity contribution < 1.29 is 4.39 Å². The van der Waals surface area contributed by atoms with E-state index in [2.05, 4.69) is 67.9 Å². The van der Waals surface area contributed by atoms with Crippen molar-refractivity contribution in [3.63, 3.8) is 0 Å². The van der Waals surface area contributed by atoms with Gasteiger partial charge in [0.1, 0.15) is 5.82 Å². The second-order valence-corrected chi connectivity index (χ2v) is 11.8. The highest BCUT2D eigenvalue weighted by molar-refractivity contribution is 5.76. The summed E-state index contributed by atoms with van der Waals surface area (Å²) in [4.78, 5) is 13.5. The molecule has 3 heterocycles. The van der Waals surface area contributed by atoms with Gasteiger partial charge in [-0.25, -0.2) is 14.4 Å². The Bertz CT molecular complexity index is 1670. The van der Waals surface area contributed by atoms with Gasteiger partial charge < -0.3 is 15.5 Å². The molecule has 1 fully saturated rings. The first-order chi connectivity index (χ1) is 21.8. The highest BCUT2D eigenvalue weighted by atomic mass is 19.1. The molecule has 0 bridgehead atoms. The number of likely N-dealkylation sites (N-methyl/N-ethyl adjacent to an activating group) is 1. The predicted octanol–water partition coefficient (Wildman–Crippen LogP) is 6.59. The molecular weight excluding hydrogens is 563 g/mol. The minimum Gasteiger partial charge on any atom is -0.355 e. The Hall–Kier alpha value is -4.52. The SMILES string of the molecule is C=C(Nc1ccc(CN2CCN(C)CC2)c(F)c1)c1ccc(C)c(C#Cc2cnc(Nc3cn(CCCCC)nc3C)nc2)c1. The van der Waals surface area contributed by atoms with E-state index in [1.54, 1.807) is 18.5 Å². The van der Waals surface area contributed by atoms with Crippen molar-refractivity contribution in [3.05, 3.63) is 101 Å². The quantitative estimate of drug-likeness (QED) is 0.147. The smallest absolute Gasteiger partial charge is 0.227 e. The van der Waals surface area contributed by atoms with Gasteiger partial charge in [0.2, 0.25) is 5.95 Å². The molecule has 45 heavy (non-hydrogen) atoms. The van der Waals surface area contributed by atoms with Gasteiger partial charge in [0, 0.05) is 80.4 Å². The largest absolute Gasteiger partial charge is 0.355 e. The summed E-state index contributed by atoms with van der Waals surface area (Å²) in [6.07, 6.45) is 8.91. The summed E-state index contributed by atoms with van der Waals surface area (Å²) in [6.45, 7) is 15.8. The minimum absolute atomic E-state index is 0.210. The highest BCUT2D eigenvalue weighted by Crippen LogP contribution is 2.23. The van der Waals surface area contributed by atoms with E-state index in [1.165, 1.54) is 12.8 Å². The first-order valence-corrected chi connectivity index (χ1v) is 15.7. The maximum atomic E-state index is 15.0. The minimum atomic E-state index is -0.210. The number of hydrogen-bond acceptors (Lipinski definition) is 7. The molecule has 9 heteroatoms. The summed E-state index contributed by atoms with van der Waals surface area (Å²) >= 11 is 0. The van der Waals surface area contributed by atoms with E-state index in [4.69, 9.17) is 0 Å². The standard InChI is InChI=1S/C36H43FN8/c1-6-7-8-15-45-25-35(28(4)42-45)41-36-38-22-29(23-39-36)10-12-30-20-31(11-9-26(30)2)27(3)40-33-14-13-32(34(37)21-33)24-44-18-16-43(5)17-19-44/h9,11,13-14,20-23,25,40H,3,6-8,15-19,24H2,1-2,4-5H3,(H,38,39,41). The summed E-state index contributed by atoms with van der Waals surface area (Å²) in [5.41, 5.74) is 7.37. The van der Waals surface area contributed by atoms with Crippen LogP contribution in [0.2, 0.25) is 0 Å². The number of aryl methyl sites for hydroxylation is 3. The number of hydrogen-bond donors (Lipinski definition) is 2. The fraction of sp³-hybridized carbons (Fsp3) is 0.361. The number of nitrogens with one attached hydrogen (secondary N) is 2. The Balaban J connectivity index is 1.20. The summed E-state index contributed by atoms with van der Waals surface area (Å²) < 4.78 is 16.9. The highest BCUT2D eigenvalue weighted by Gasteiger charge is 2.16. The van der Waals surface area contributed by atoms with Crippen LogP contribution in [0.25, 0.3) is 5.70 Å². The average Bonchev–Trinajstić information content (AvgIpc) is 3.38. The van der Waals surface area contributed by atoms with Gasteiger partial charge in [0.25, 0.3) is 0 Å². The lowest BCUT2D eigenvalue weighted by atomic mass is 10.0. The molecule has 1 saturated heterocycles. The molecular formula is C36H43FN8. The Labute approximate surface area is 266 Å². The van der Waals surface area contributed by atoms with Gasteiger partial charge in [-0.15, -0.1) is 0 Å². The number of anilines is 3. The molecule has 0 atom stereocenters. The Morgan fingerprint density at radius 2 is 1.78 bits per heavy atom. The number of benzene rings is 2. The summed E-state index contributed by atoms with van der Waals surface area (Å²) in [6, 6.07) is 11.3. The van der Waals surface area contributed by atoms with Crippen LogP contribution >= 0.6 is 0 Å². The van der Waals surface area contributed by atoms with Gasteiger partial charge in [0.05, 0.1) is 16.9 Å². The van der Waals surface area contributed by atoms with E-state index >= 15 is 0 Å². The lowest BCUT2D eigenvalue weighted by Gasteiger charge is -2.32. The fourth-order valence-electron chi connectivity index (χ4n) is 5.19. The summed E-state index contributed by atoms with van der Waals surface area (Å²) in [7, 11) is 2.12. The molecule has 0 amide bonds. The van der Waals surface area contributed by atoms with Gasteiger partial charge in [-0.2, -0.15) is 5.10 Å². The molecule has 2 aromatic heterocycles. The third-order valence-corrected chi connectivity index (χ3v) is 8.10. The number of rotatable bonds is 11. The van der Waals surface area contributed by atoms with Crippen molar-refractivity contribution in [2.24, 2.45) is 0 Å². The van der Waals surface area contributed by atoms with Crippen molar-refractivity contribution in [1.29, 1.82) is 0 Å². The van der Waals surface area contributed by atoms with Crippen LogP contribution in [0.4, 0.5) is 21.7 Å². The maximum absolute atomic E-state index is 15.0. The van der Waals surface area contributed by atoms with Gasteiger partial charge in [0.15, 0.2) is 0 Å². The lowest BCUT2D eigenvalue weighted by Crippen LogP contribution is -2.44. The molecule has 1 aliphatic heterocycles. The number of nitrogens with zero attached hydrogens (tertiary/aromatic N) is 6. The van der Waals surface area contributed by atoms with Gasteiger partial charge in [-0.05, 0) is 56.6 Å². The Morgan fingerprint density at radius 3 is 2.51 bits per heavy atom. The van der Waals surface area contributed by atoms with Crippen molar-refractivity contribution in [2.45, 2.75) is 53.1 Å². The van der Waals surface area contributed by atoms with Crippen LogP contribution in [0.1, 0.15) is 59.7 Å². The first kappa shape index (κ1) is 31.9. The normalized spacial score (nSPS) is 13.7. The molecule has 234 valence electrons. The van der Waals surface area contributed by atoms with E-state index in [0.717, 1.165) is 67.2 Å². The van der Waals surface area contributed by atoms with Crippen molar-refractivity contribution in [3.8, 4) is 11.8 Å². The predicted molar refractivity (Wildman–Crippen MR) is 181 cm³/mol. The average molecular weight is 607 g/mol. The number of halogens is 1. The Kier molecular flexibility index (Phi) is 10.6. The van der Waals surface area contributed by atoms with E-state index in [0.29, 0.717) is 35.0 Å². The number of unbranched alkanes of at least 4 members (excludes halogenated alkanes) is 2. The number of piperazine rings is 1. The molecule has 2 N–H and O–H groups in total. The zero-order valence-corrected chi connectivity index (χ0v) is 26.8. The third kappa shape index (κ3) is 8.78. The summed E-state index contributed by atoms with van der Waals surface area (Å²) in [5, 5.41) is 11.1. The molecule has 5 rings (SSSR count). The second kappa shape index (κ2) is 15.0. The van der Waals surface area contributed by atoms with Gasteiger partial charge in [-0.1, -0.05) is 56.4 Å². The number of aromatic nitrogens is 4. The molecule has 0 radical (unpaired) electrons. The van der Waals surface area contributed by atoms with Gasteiger partial charge in [-0.3, -0.25) is 9.58 Å². The lowest BCUT2D eigenvalue weighted by molar-refractivity contribution is 0.147. The van der Waals surface area contributed by atoms with Crippen LogP contribution in [-0.4, -0.2) is 62.8 Å². The molecule has 0 aliphatic carbocycles. The molecule has 4 aromatic rings.